The van der Waals surface area contributed by atoms with Crippen LogP contribution in [0, 0.1) is 5.82 Å². The van der Waals surface area contributed by atoms with Gasteiger partial charge in [0.05, 0.1) is 10.8 Å². The largest absolute Gasteiger partial charge is 0.305 e. The molecule has 2 aromatic carbocycles. The minimum absolute atomic E-state index is 0.339. The molecule has 0 N–H and O–H groups in total. The van der Waals surface area contributed by atoms with Crippen molar-refractivity contribution in [3.8, 4) is 0 Å². The van der Waals surface area contributed by atoms with Crippen LogP contribution in [0.4, 0.5) is 4.39 Å². The molecular weight excluding hydrogens is 321 g/mol. The second-order valence-electron chi connectivity index (χ2n) is 5.18. The van der Waals surface area contributed by atoms with E-state index in [0.717, 1.165) is 0 Å². The van der Waals surface area contributed by atoms with Crippen LogP contribution in [0.1, 0.15) is 5.56 Å². The lowest BCUT2D eigenvalue weighted by Crippen LogP contribution is -2.13. The molecular formula is C16H18FNO2S2. The molecule has 0 saturated carbocycles. The molecule has 6 heteroatoms. The number of rotatable bonds is 5. The first-order valence-electron chi connectivity index (χ1n) is 6.67. The molecule has 0 amide bonds. The second-order valence-corrected chi connectivity index (χ2v) is 8.01. The van der Waals surface area contributed by atoms with E-state index in [-0.39, 0.29) is 5.82 Å². The summed E-state index contributed by atoms with van der Waals surface area (Å²) in [5.74, 6) is -0.339. The summed E-state index contributed by atoms with van der Waals surface area (Å²) in [7, 11) is 1.29. The third-order valence-corrected chi connectivity index (χ3v) is 5.51. The van der Waals surface area contributed by atoms with Crippen molar-refractivity contribution >= 4 is 21.6 Å². The fourth-order valence-electron chi connectivity index (χ4n) is 2.07. The Bertz CT molecular complexity index is 715. The predicted molar refractivity (Wildman–Crippen MR) is 87.2 cm³/mol. The van der Waals surface area contributed by atoms with E-state index in [2.05, 4.69) is 0 Å². The zero-order chi connectivity index (χ0) is 16.3. The molecule has 0 heterocycles. The number of hydrogen-bond donors (Lipinski definition) is 0. The Balaban J connectivity index is 2.38. The van der Waals surface area contributed by atoms with Crippen molar-refractivity contribution in [1.29, 1.82) is 0 Å². The molecule has 0 aliphatic carbocycles. The first-order valence-corrected chi connectivity index (χ1v) is 9.37. The van der Waals surface area contributed by atoms with Gasteiger partial charge in [0.1, 0.15) is 5.82 Å². The Morgan fingerprint density at radius 3 is 2.14 bits per heavy atom. The van der Waals surface area contributed by atoms with Gasteiger partial charge >= 0.3 is 0 Å². The van der Waals surface area contributed by atoms with Crippen molar-refractivity contribution in [1.82, 2.24) is 4.90 Å². The average molecular weight is 339 g/mol. The van der Waals surface area contributed by atoms with Gasteiger partial charge in [0, 0.05) is 38.3 Å². The van der Waals surface area contributed by atoms with Gasteiger partial charge in [-0.1, -0.05) is 0 Å². The van der Waals surface area contributed by atoms with Gasteiger partial charge in [0.2, 0.25) is 0 Å². The van der Waals surface area contributed by atoms with E-state index in [1.165, 1.54) is 12.1 Å². The monoisotopic (exact) mass is 339 g/mol. The van der Waals surface area contributed by atoms with Crippen LogP contribution in [0.15, 0.2) is 57.2 Å². The van der Waals surface area contributed by atoms with Crippen molar-refractivity contribution in [2.75, 3.05) is 20.4 Å². The summed E-state index contributed by atoms with van der Waals surface area (Å²) < 4.78 is 37.6. The molecule has 0 aromatic heterocycles. The summed E-state index contributed by atoms with van der Waals surface area (Å²) in [4.78, 5) is 3.80. The smallest absolute Gasteiger partial charge is 0.123 e. The van der Waals surface area contributed by atoms with E-state index in [1.54, 1.807) is 36.6 Å². The average Bonchev–Trinajstić information content (AvgIpc) is 2.46. The fraction of sp³-hybridized carbons (Fsp3) is 0.250. The summed E-state index contributed by atoms with van der Waals surface area (Å²) in [5.41, 5.74) is 0.700. The molecule has 0 aliphatic rings. The zero-order valence-electron chi connectivity index (χ0n) is 12.7. The SMILES string of the molecule is CN(C)Cc1cc(F)ccc1S(=O)c1ccc(S(C)=O)cc1. The van der Waals surface area contributed by atoms with Gasteiger partial charge in [-0.3, -0.25) is 4.21 Å². The Labute approximate surface area is 135 Å². The molecule has 0 spiro atoms. The van der Waals surface area contributed by atoms with Crippen molar-refractivity contribution < 1.29 is 12.8 Å². The highest BCUT2D eigenvalue weighted by atomic mass is 32.2. The van der Waals surface area contributed by atoms with Crippen LogP contribution in [0.2, 0.25) is 0 Å². The lowest BCUT2D eigenvalue weighted by molar-refractivity contribution is 0.398. The fourth-order valence-corrected chi connectivity index (χ4v) is 3.78. The first-order chi connectivity index (χ1) is 10.4. The summed E-state index contributed by atoms with van der Waals surface area (Å²) in [6.07, 6.45) is 1.60. The number of benzene rings is 2. The Hall–Kier alpha value is -1.37. The molecule has 0 radical (unpaired) electrons. The number of nitrogens with zero attached hydrogens (tertiary/aromatic N) is 1. The highest BCUT2D eigenvalue weighted by Crippen LogP contribution is 2.23. The van der Waals surface area contributed by atoms with Crippen LogP contribution in [0.25, 0.3) is 0 Å². The van der Waals surface area contributed by atoms with Crippen molar-refractivity contribution in [2.45, 2.75) is 21.2 Å². The number of hydrogen-bond acceptors (Lipinski definition) is 3. The van der Waals surface area contributed by atoms with E-state index in [4.69, 9.17) is 0 Å². The van der Waals surface area contributed by atoms with Gasteiger partial charge in [0.15, 0.2) is 0 Å². The van der Waals surface area contributed by atoms with Crippen LogP contribution in [-0.2, 0) is 28.1 Å². The van der Waals surface area contributed by atoms with E-state index in [9.17, 15) is 12.8 Å². The Morgan fingerprint density at radius 1 is 1.00 bits per heavy atom. The Kier molecular flexibility index (Phi) is 5.61. The summed E-state index contributed by atoms with van der Waals surface area (Å²) >= 11 is 0. The molecule has 118 valence electrons. The molecule has 2 rings (SSSR count). The number of halogens is 1. The summed E-state index contributed by atoms with van der Waals surface area (Å²) in [5, 5.41) is 0. The first kappa shape index (κ1) is 17.0. The van der Waals surface area contributed by atoms with Crippen LogP contribution in [0.3, 0.4) is 0 Å². The molecule has 3 nitrogen and oxygen atoms in total. The van der Waals surface area contributed by atoms with Crippen LogP contribution < -0.4 is 0 Å². The predicted octanol–water partition coefficient (Wildman–Crippen LogP) is 2.79. The maximum Gasteiger partial charge on any atom is 0.123 e. The van der Waals surface area contributed by atoms with Crippen molar-refractivity contribution in [2.24, 2.45) is 0 Å². The van der Waals surface area contributed by atoms with Crippen LogP contribution >= 0.6 is 0 Å². The lowest BCUT2D eigenvalue weighted by Gasteiger charge is -2.14. The highest BCUT2D eigenvalue weighted by molar-refractivity contribution is 7.85. The van der Waals surface area contributed by atoms with Gasteiger partial charge in [-0.25, -0.2) is 8.60 Å². The third kappa shape index (κ3) is 4.09. The summed E-state index contributed by atoms with van der Waals surface area (Å²) in [6.45, 7) is 0.510. The lowest BCUT2D eigenvalue weighted by atomic mass is 10.2. The van der Waals surface area contributed by atoms with E-state index in [0.29, 0.717) is 26.8 Å². The molecule has 2 unspecified atom stereocenters. The van der Waals surface area contributed by atoms with Crippen molar-refractivity contribution in [3.63, 3.8) is 0 Å². The standard InChI is InChI=1S/C16H18FNO2S2/c1-18(2)11-12-10-13(17)4-9-16(12)22(20)15-7-5-14(6-8-15)21(3)19/h4-10H,11H2,1-3H3. The molecule has 0 fully saturated rings. The molecule has 22 heavy (non-hydrogen) atoms. The quantitative estimate of drug-likeness (QED) is 0.841. The third-order valence-electron chi connectivity index (χ3n) is 3.08. The molecule has 0 aliphatic heterocycles. The van der Waals surface area contributed by atoms with Gasteiger partial charge < -0.3 is 4.90 Å². The van der Waals surface area contributed by atoms with E-state index >= 15 is 0 Å². The van der Waals surface area contributed by atoms with E-state index in [1.807, 2.05) is 19.0 Å². The maximum atomic E-state index is 13.5. The van der Waals surface area contributed by atoms with Crippen LogP contribution in [0.5, 0.6) is 0 Å². The topological polar surface area (TPSA) is 37.4 Å². The molecule has 2 atom stereocenters. The van der Waals surface area contributed by atoms with Gasteiger partial charge in [-0.15, -0.1) is 0 Å². The van der Waals surface area contributed by atoms with Gasteiger partial charge in [0.25, 0.3) is 0 Å². The normalized spacial score (nSPS) is 14.0. The Morgan fingerprint density at radius 2 is 1.59 bits per heavy atom. The zero-order valence-corrected chi connectivity index (χ0v) is 14.3. The highest BCUT2D eigenvalue weighted by Gasteiger charge is 2.14. The van der Waals surface area contributed by atoms with E-state index < -0.39 is 21.6 Å². The minimum Gasteiger partial charge on any atom is -0.305 e. The molecule has 0 saturated heterocycles. The van der Waals surface area contributed by atoms with Gasteiger partial charge in [-0.05, 0) is 62.1 Å². The molecule has 2 aromatic rings. The molecule has 0 bridgehead atoms. The van der Waals surface area contributed by atoms with Gasteiger partial charge in [-0.2, -0.15) is 0 Å². The summed E-state index contributed by atoms with van der Waals surface area (Å²) in [6, 6.07) is 11.1. The second kappa shape index (κ2) is 7.26. The minimum atomic E-state index is -1.40. The van der Waals surface area contributed by atoms with Crippen molar-refractivity contribution in [3.05, 3.63) is 53.8 Å². The van der Waals surface area contributed by atoms with Crippen LogP contribution in [-0.4, -0.2) is 33.7 Å². The maximum absolute atomic E-state index is 13.5.